The lowest BCUT2D eigenvalue weighted by Gasteiger charge is -2.13. The van der Waals surface area contributed by atoms with Crippen LogP contribution in [0.5, 0.6) is 0 Å². The molecule has 2 rings (SSSR count). The van der Waals surface area contributed by atoms with Crippen molar-refractivity contribution >= 4 is 30.0 Å². The molecule has 0 spiro atoms. The molecule has 0 aromatic heterocycles. The number of ketones is 1. The molecule has 0 aliphatic carbocycles. The number of nitrogens with one attached hydrogen (secondary N) is 1. The number of halogens is 1. The van der Waals surface area contributed by atoms with Gasteiger partial charge in [0.1, 0.15) is 0 Å². The number of hydrogen-bond donors (Lipinski definition) is 1. The summed E-state index contributed by atoms with van der Waals surface area (Å²) in [5.74, 6) is 0.133. The summed E-state index contributed by atoms with van der Waals surface area (Å²) in [6.07, 6.45) is 2.03. The van der Waals surface area contributed by atoms with Crippen LogP contribution in [-0.4, -0.2) is 18.1 Å². The maximum Gasteiger partial charge on any atom is 0.179 e. The Labute approximate surface area is 136 Å². The second-order valence-corrected chi connectivity index (χ2v) is 5.56. The number of benzene rings is 2. The van der Waals surface area contributed by atoms with Crippen molar-refractivity contribution in [3.05, 3.63) is 65.7 Å². The Kier molecular flexibility index (Phi) is 7.51. The zero-order valence-corrected chi connectivity index (χ0v) is 13.8. The van der Waals surface area contributed by atoms with Crippen LogP contribution >= 0.6 is 24.2 Å². The fourth-order valence-electron chi connectivity index (χ4n) is 1.96. The van der Waals surface area contributed by atoms with Crippen LogP contribution in [0.15, 0.2) is 59.5 Å². The van der Waals surface area contributed by atoms with Crippen molar-refractivity contribution in [1.82, 2.24) is 5.32 Å². The number of rotatable bonds is 6. The SMILES string of the molecule is CSc1ccc(C(=O)C(C)NCc2ccccc2)cc1.Cl. The predicted molar refractivity (Wildman–Crippen MR) is 92.5 cm³/mol. The normalized spacial score (nSPS) is 11.5. The monoisotopic (exact) mass is 321 g/mol. The number of hydrogen-bond acceptors (Lipinski definition) is 3. The fourth-order valence-corrected chi connectivity index (χ4v) is 2.37. The van der Waals surface area contributed by atoms with E-state index in [1.165, 1.54) is 10.5 Å². The summed E-state index contributed by atoms with van der Waals surface area (Å²) >= 11 is 1.68. The van der Waals surface area contributed by atoms with E-state index in [2.05, 4.69) is 17.4 Å². The molecule has 1 atom stereocenters. The Balaban J connectivity index is 0.00000220. The maximum absolute atomic E-state index is 12.3. The van der Waals surface area contributed by atoms with Crippen LogP contribution in [0.4, 0.5) is 0 Å². The van der Waals surface area contributed by atoms with E-state index in [-0.39, 0.29) is 24.2 Å². The summed E-state index contributed by atoms with van der Waals surface area (Å²) in [6, 6.07) is 17.7. The number of carbonyl (C=O) groups excluding carboxylic acids is 1. The molecule has 4 heteroatoms. The van der Waals surface area contributed by atoms with Crippen LogP contribution in [0.2, 0.25) is 0 Å². The second kappa shape index (κ2) is 8.88. The molecular formula is C17H20ClNOS. The molecule has 0 aliphatic heterocycles. The van der Waals surface area contributed by atoms with Gasteiger partial charge in [-0.15, -0.1) is 24.2 Å². The van der Waals surface area contributed by atoms with Gasteiger partial charge in [-0.3, -0.25) is 4.79 Å². The van der Waals surface area contributed by atoms with Crippen molar-refractivity contribution in [1.29, 1.82) is 0 Å². The summed E-state index contributed by atoms with van der Waals surface area (Å²) < 4.78 is 0. The van der Waals surface area contributed by atoms with Gasteiger partial charge in [0.25, 0.3) is 0 Å². The topological polar surface area (TPSA) is 29.1 Å². The van der Waals surface area contributed by atoms with Crippen LogP contribution in [-0.2, 0) is 6.54 Å². The highest BCUT2D eigenvalue weighted by Crippen LogP contribution is 2.15. The second-order valence-electron chi connectivity index (χ2n) is 4.68. The molecule has 2 aromatic rings. The number of Topliss-reactive ketones (excluding diaryl/α,β-unsaturated/α-hetero) is 1. The van der Waals surface area contributed by atoms with Crippen LogP contribution < -0.4 is 5.32 Å². The summed E-state index contributed by atoms with van der Waals surface area (Å²) in [5.41, 5.74) is 1.95. The molecule has 0 amide bonds. The van der Waals surface area contributed by atoms with E-state index in [0.29, 0.717) is 6.54 Å². The van der Waals surface area contributed by atoms with Crippen molar-refractivity contribution in [2.45, 2.75) is 24.4 Å². The minimum atomic E-state index is -0.185. The van der Waals surface area contributed by atoms with E-state index >= 15 is 0 Å². The van der Waals surface area contributed by atoms with E-state index < -0.39 is 0 Å². The lowest BCUT2D eigenvalue weighted by Crippen LogP contribution is -2.33. The predicted octanol–water partition coefficient (Wildman–Crippen LogP) is 4.19. The highest BCUT2D eigenvalue weighted by molar-refractivity contribution is 7.98. The van der Waals surface area contributed by atoms with E-state index in [9.17, 15) is 4.79 Å². The fraction of sp³-hybridized carbons (Fsp3) is 0.235. The molecule has 0 bridgehead atoms. The van der Waals surface area contributed by atoms with Gasteiger partial charge in [-0.1, -0.05) is 42.5 Å². The smallest absolute Gasteiger partial charge is 0.179 e. The molecule has 0 aliphatic rings. The molecule has 0 heterocycles. The third kappa shape index (κ3) is 5.20. The summed E-state index contributed by atoms with van der Waals surface area (Å²) in [5, 5.41) is 3.27. The largest absolute Gasteiger partial charge is 0.303 e. The van der Waals surface area contributed by atoms with Gasteiger partial charge >= 0.3 is 0 Å². The lowest BCUT2D eigenvalue weighted by molar-refractivity contribution is 0.0950. The Morgan fingerprint density at radius 2 is 1.71 bits per heavy atom. The molecule has 0 saturated carbocycles. The highest BCUT2D eigenvalue weighted by atomic mass is 35.5. The minimum Gasteiger partial charge on any atom is -0.303 e. The maximum atomic E-state index is 12.3. The minimum absolute atomic E-state index is 0. The standard InChI is InChI=1S/C17H19NOS.ClH/c1-13(18-12-14-6-4-3-5-7-14)17(19)15-8-10-16(20-2)11-9-15;/h3-11,13,18H,12H2,1-2H3;1H. The zero-order valence-electron chi connectivity index (χ0n) is 12.2. The summed E-state index contributed by atoms with van der Waals surface area (Å²) in [7, 11) is 0. The first-order valence-electron chi connectivity index (χ1n) is 6.66. The molecule has 1 N–H and O–H groups in total. The quantitative estimate of drug-likeness (QED) is 0.639. The third-order valence-corrected chi connectivity index (χ3v) is 3.97. The molecular weight excluding hydrogens is 302 g/mol. The Bertz CT molecular complexity index is 557. The van der Waals surface area contributed by atoms with Crippen molar-refractivity contribution in [3.63, 3.8) is 0 Å². The molecule has 0 saturated heterocycles. The van der Waals surface area contributed by atoms with Crippen molar-refractivity contribution in [3.8, 4) is 0 Å². The van der Waals surface area contributed by atoms with Gasteiger partial charge in [0.2, 0.25) is 0 Å². The van der Waals surface area contributed by atoms with Crippen molar-refractivity contribution in [2.75, 3.05) is 6.26 Å². The molecule has 0 radical (unpaired) electrons. The molecule has 0 fully saturated rings. The number of thioether (sulfide) groups is 1. The van der Waals surface area contributed by atoms with E-state index in [1.807, 2.05) is 55.6 Å². The van der Waals surface area contributed by atoms with E-state index in [4.69, 9.17) is 0 Å². The van der Waals surface area contributed by atoms with Gasteiger partial charge < -0.3 is 5.32 Å². The van der Waals surface area contributed by atoms with Gasteiger partial charge in [-0.25, -0.2) is 0 Å². The van der Waals surface area contributed by atoms with Crippen LogP contribution in [0, 0.1) is 0 Å². The average Bonchev–Trinajstić information content (AvgIpc) is 2.53. The van der Waals surface area contributed by atoms with Crippen LogP contribution in [0.3, 0.4) is 0 Å². The van der Waals surface area contributed by atoms with Crippen LogP contribution in [0.25, 0.3) is 0 Å². The third-order valence-electron chi connectivity index (χ3n) is 3.22. The van der Waals surface area contributed by atoms with E-state index in [1.54, 1.807) is 11.8 Å². The Hall–Kier alpha value is -1.29. The molecule has 2 nitrogen and oxygen atoms in total. The van der Waals surface area contributed by atoms with Crippen molar-refractivity contribution < 1.29 is 4.79 Å². The molecule has 1 unspecified atom stereocenters. The number of carbonyl (C=O) groups is 1. The molecule has 2 aromatic carbocycles. The van der Waals surface area contributed by atoms with E-state index in [0.717, 1.165) is 5.56 Å². The first kappa shape index (κ1) is 17.8. The molecule has 21 heavy (non-hydrogen) atoms. The Morgan fingerprint density at radius 1 is 1.10 bits per heavy atom. The van der Waals surface area contributed by atoms with Gasteiger partial charge in [0.15, 0.2) is 5.78 Å². The zero-order chi connectivity index (χ0) is 14.4. The summed E-state index contributed by atoms with van der Waals surface area (Å²) in [6.45, 7) is 2.62. The lowest BCUT2D eigenvalue weighted by atomic mass is 10.1. The van der Waals surface area contributed by atoms with Gasteiger partial charge in [-0.2, -0.15) is 0 Å². The van der Waals surface area contributed by atoms with Crippen LogP contribution in [0.1, 0.15) is 22.8 Å². The summed E-state index contributed by atoms with van der Waals surface area (Å²) in [4.78, 5) is 13.5. The average molecular weight is 322 g/mol. The van der Waals surface area contributed by atoms with Gasteiger partial charge in [0.05, 0.1) is 6.04 Å². The van der Waals surface area contributed by atoms with Gasteiger partial charge in [0, 0.05) is 17.0 Å². The van der Waals surface area contributed by atoms with Gasteiger partial charge in [-0.05, 0) is 30.9 Å². The first-order chi connectivity index (χ1) is 9.70. The first-order valence-corrected chi connectivity index (χ1v) is 7.89. The highest BCUT2D eigenvalue weighted by Gasteiger charge is 2.14. The Morgan fingerprint density at radius 3 is 2.29 bits per heavy atom. The molecule has 112 valence electrons. The van der Waals surface area contributed by atoms with Crippen molar-refractivity contribution in [2.24, 2.45) is 0 Å².